The molecule has 0 aliphatic carbocycles. The van der Waals surface area contributed by atoms with Crippen LogP contribution in [0.25, 0.3) is 0 Å². The van der Waals surface area contributed by atoms with Crippen LogP contribution in [0.4, 0.5) is 15.2 Å². The Morgan fingerprint density at radius 2 is 1.73 bits per heavy atom. The molecule has 1 amide bonds. The second-order valence-corrected chi connectivity index (χ2v) is 8.28. The number of benzene rings is 2. The van der Waals surface area contributed by atoms with E-state index in [2.05, 4.69) is 15.0 Å². The molecule has 9 heteroatoms. The zero-order valence-electron chi connectivity index (χ0n) is 13.6. The third kappa shape index (κ3) is 4.24. The number of carbonyl (C=O) groups is 1. The summed E-state index contributed by atoms with van der Waals surface area (Å²) in [7, 11) is -3.84. The maximum absolute atomic E-state index is 12.9. The quantitative estimate of drug-likeness (QED) is 0.695. The van der Waals surface area contributed by atoms with Gasteiger partial charge in [-0.1, -0.05) is 0 Å². The maximum atomic E-state index is 12.9. The minimum atomic E-state index is -3.84. The van der Waals surface area contributed by atoms with Crippen LogP contribution in [0.15, 0.2) is 59.6 Å². The van der Waals surface area contributed by atoms with Crippen molar-refractivity contribution in [3.8, 4) is 0 Å². The van der Waals surface area contributed by atoms with Gasteiger partial charge in [0, 0.05) is 22.3 Å². The van der Waals surface area contributed by atoms with E-state index in [-0.39, 0.29) is 16.5 Å². The van der Waals surface area contributed by atoms with Gasteiger partial charge in [-0.25, -0.2) is 17.8 Å². The highest BCUT2D eigenvalue weighted by Crippen LogP contribution is 2.19. The van der Waals surface area contributed by atoms with Gasteiger partial charge < -0.3 is 0 Å². The van der Waals surface area contributed by atoms with E-state index in [0.29, 0.717) is 10.7 Å². The van der Waals surface area contributed by atoms with Crippen molar-refractivity contribution in [1.82, 2.24) is 4.98 Å². The molecule has 2 aromatic carbocycles. The van der Waals surface area contributed by atoms with Crippen molar-refractivity contribution in [2.75, 3.05) is 10.0 Å². The molecule has 0 bridgehead atoms. The highest BCUT2D eigenvalue weighted by atomic mass is 32.2. The van der Waals surface area contributed by atoms with E-state index >= 15 is 0 Å². The number of carbonyl (C=O) groups excluding carboxylic acids is 1. The molecule has 0 unspecified atom stereocenters. The summed E-state index contributed by atoms with van der Waals surface area (Å²) in [5, 5.41) is 3.12. The van der Waals surface area contributed by atoms with Gasteiger partial charge in [0.2, 0.25) is 0 Å². The van der Waals surface area contributed by atoms with Gasteiger partial charge in [-0.15, -0.1) is 11.3 Å². The Labute approximate surface area is 153 Å². The normalized spacial score (nSPS) is 11.2. The van der Waals surface area contributed by atoms with E-state index in [9.17, 15) is 17.6 Å². The van der Waals surface area contributed by atoms with Crippen molar-refractivity contribution >= 4 is 38.1 Å². The number of hydrogen-bond acceptors (Lipinski definition) is 5. The third-order valence-corrected chi connectivity index (χ3v) is 5.59. The van der Waals surface area contributed by atoms with Gasteiger partial charge in [-0.2, -0.15) is 0 Å². The first-order valence-electron chi connectivity index (χ1n) is 7.46. The second kappa shape index (κ2) is 7.22. The molecule has 1 heterocycles. The molecule has 0 saturated heterocycles. The van der Waals surface area contributed by atoms with Crippen LogP contribution in [0.1, 0.15) is 15.2 Å². The number of aryl methyl sites for hydroxylation is 1. The molecule has 0 aliphatic heterocycles. The van der Waals surface area contributed by atoms with Gasteiger partial charge >= 0.3 is 0 Å². The Hall–Kier alpha value is -2.78. The summed E-state index contributed by atoms with van der Waals surface area (Å²) in [6, 6.07) is 10.4. The summed E-state index contributed by atoms with van der Waals surface area (Å²) in [6.45, 7) is 1.88. The topological polar surface area (TPSA) is 88.2 Å². The van der Waals surface area contributed by atoms with Gasteiger partial charge in [0.05, 0.1) is 4.90 Å². The number of rotatable bonds is 5. The highest BCUT2D eigenvalue weighted by Gasteiger charge is 2.16. The summed E-state index contributed by atoms with van der Waals surface area (Å²) in [6.07, 6.45) is 1.65. The molecule has 3 rings (SSSR count). The summed E-state index contributed by atoms with van der Waals surface area (Å²) in [5.74, 6) is -0.839. The van der Waals surface area contributed by atoms with Crippen LogP contribution in [0, 0.1) is 12.7 Å². The van der Waals surface area contributed by atoms with Crippen LogP contribution in [0.2, 0.25) is 0 Å². The number of nitrogens with one attached hydrogen (secondary N) is 2. The minimum absolute atomic E-state index is 0.0107. The van der Waals surface area contributed by atoms with Crippen LogP contribution >= 0.6 is 11.3 Å². The highest BCUT2D eigenvalue weighted by molar-refractivity contribution is 7.92. The molecular weight excluding hydrogens is 377 g/mol. The number of amides is 1. The average Bonchev–Trinajstić information content (AvgIpc) is 3.02. The van der Waals surface area contributed by atoms with E-state index in [1.54, 1.807) is 6.20 Å². The number of anilines is 2. The molecule has 0 saturated carbocycles. The molecule has 26 heavy (non-hydrogen) atoms. The third-order valence-electron chi connectivity index (χ3n) is 3.36. The monoisotopic (exact) mass is 391 g/mol. The maximum Gasteiger partial charge on any atom is 0.261 e. The van der Waals surface area contributed by atoms with Gasteiger partial charge in [0.15, 0.2) is 5.13 Å². The van der Waals surface area contributed by atoms with Crippen LogP contribution < -0.4 is 10.0 Å². The largest absolute Gasteiger partial charge is 0.298 e. The van der Waals surface area contributed by atoms with Crippen molar-refractivity contribution < 1.29 is 17.6 Å². The number of thiazole rings is 1. The fourth-order valence-corrected chi connectivity index (χ4v) is 3.82. The molecule has 6 nitrogen and oxygen atoms in total. The summed E-state index contributed by atoms with van der Waals surface area (Å²) < 4.78 is 39.9. The Kier molecular flexibility index (Phi) is 5.01. The molecule has 0 fully saturated rings. The lowest BCUT2D eigenvalue weighted by molar-refractivity contribution is 0.102. The van der Waals surface area contributed by atoms with E-state index < -0.39 is 15.8 Å². The number of hydrogen-bond donors (Lipinski definition) is 2. The van der Waals surface area contributed by atoms with Crippen molar-refractivity contribution in [2.45, 2.75) is 11.8 Å². The molecular formula is C17H14FN3O3S2. The van der Waals surface area contributed by atoms with Crippen molar-refractivity contribution in [1.29, 1.82) is 0 Å². The number of sulfonamides is 1. The zero-order chi connectivity index (χ0) is 18.7. The molecule has 134 valence electrons. The Morgan fingerprint density at radius 3 is 2.31 bits per heavy atom. The summed E-state index contributed by atoms with van der Waals surface area (Å²) >= 11 is 1.34. The van der Waals surface area contributed by atoms with E-state index in [1.807, 2.05) is 6.92 Å². The lowest BCUT2D eigenvalue weighted by atomic mass is 10.2. The Bertz CT molecular complexity index is 1030. The number of aromatic nitrogens is 1. The SMILES string of the molecule is Cc1cnc(NC(=O)c2ccc(S(=O)(=O)Nc3ccc(F)cc3)cc2)s1. The average molecular weight is 391 g/mol. The fraction of sp³-hybridized carbons (Fsp3) is 0.0588. The molecule has 0 spiro atoms. The summed E-state index contributed by atoms with van der Waals surface area (Å²) in [4.78, 5) is 17.2. The smallest absolute Gasteiger partial charge is 0.261 e. The first kappa shape index (κ1) is 18.0. The van der Waals surface area contributed by atoms with Crippen molar-refractivity contribution in [3.63, 3.8) is 0 Å². The lowest BCUT2D eigenvalue weighted by Crippen LogP contribution is -2.14. The second-order valence-electron chi connectivity index (χ2n) is 5.37. The molecule has 0 atom stereocenters. The van der Waals surface area contributed by atoms with Gasteiger partial charge in [-0.3, -0.25) is 14.8 Å². The van der Waals surface area contributed by atoms with Gasteiger partial charge in [0.25, 0.3) is 15.9 Å². The molecule has 3 aromatic rings. The molecule has 1 aromatic heterocycles. The zero-order valence-corrected chi connectivity index (χ0v) is 15.2. The standard InChI is InChI=1S/C17H14FN3O3S2/c1-11-10-19-17(25-11)20-16(22)12-2-8-15(9-3-12)26(23,24)21-14-6-4-13(18)5-7-14/h2-10,21H,1H3,(H,19,20,22). The fourth-order valence-electron chi connectivity index (χ4n) is 2.10. The predicted molar refractivity (Wildman–Crippen MR) is 98.5 cm³/mol. The van der Waals surface area contributed by atoms with Crippen LogP contribution in [-0.2, 0) is 10.0 Å². The Morgan fingerprint density at radius 1 is 1.08 bits per heavy atom. The van der Waals surface area contributed by atoms with E-state index in [1.165, 1.54) is 47.7 Å². The van der Waals surface area contributed by atoms with E-state index in [4.69, 9.17) is 0 Å². The van der Waals surface area contributed by atoms with Crippen molar-refractivity contribution in [3.05, 3.63) is 71.0 Å². The minimum Gasteiger partial charge on any atom is -0.298 e. The van der Waals surface area contributed by atoms with Crippen molar-refractivity contribution in [2.24, 2.45) is 0 Å². The van der Waals surface area contributed by atoms with Gasteiger partial charge in [-0.05, 0) is 55.5 Å². The summed E-state index contributed by atoms with van der Waals surface area (Å²) in [5.41, 5.74) is 0.547. The van der Waals surface area contributed by atoms with E-state index in [0.717, 1.165) is 17.0 Å². The lowest BCUT2D eigenvalue weighted by Gasteiger charge is -2.09. The number of nitrogens with zero attached hydrogens (tertiary/aromatic N) is 1. The first-order valence-corrected chi connectivity index (χ1v) is 9.76. The van der Waals surface area contributed by atoms with Crippen LogP contribution in [0.5, 0.6) is 0 Å². The molecule has 0 aliphatic rings. The first-order chi connectivity index (χ1) is 12.3. The predicted octanol–water partition coefficient (Wildman–Crippen LogP) is 3.64. The van der Waals surface area contributed by atoms with Gasteiger partial charge in [0.1, 0.15) is 5.82 Å². The molecule has 2 N–H and O–H groups in total. The van der Waals surface area contributed by atoms with Crippen LogP contribution in [-0.4, -0.2) is 19.3 Å². The number of halogens is 1. The van der Waals surface area contributed by atoms with Crippen LogP contribution in [0.3, 0.4) is 0 Å². The Balaban J connectivity index is 1.73. The molecule has 0 radical (unpaired) electrons.